The summed E-state index contributed by atoms with van der Waals surface area (Å²) in [4.78, 5) is 0.0393. The van der Waals surface area contributed by atoms with Gasteiger partial charge in [-0.25, -0.2) is 16.8 Å². The van der Waals surface area contributed by atoms with E-state index in [0.29, 0.717) is 17.2 Å². The highest BCUT2D eigenvalue weighted by atomic mass is 32.2. The molecule has 0 radical (unpaired) electrons. The Labute approximate surface area is 147 Å². The van der Waals surface area contributed by atoms with Crippen LogP contribution in [0, 0.1) is 0 Å². The van der Waals surface area contributed by atoms with Crippen LogP contribution >= 0.6 is 0 Å². The van der Waals surface area contributed by atoms with Gasteiger partial charge in [0.25, 0.3) is 10.0 Å². The number of ether oxygens (including phenoxy) is 2. The second-order valence-corrected chi connectivity index (χ2v) is 9.24. The molecule has 0 amide bonds. The summed E-state index contributed by atoms with van der Waals surface area (Å²) >= 11 is 0. The highest BCUT2D eigenvalue weighted by Gasteiger charge is 2.23. The van der Waals surface area contributed by atoms with Crippen molar-refractivity contribution >= 4 is 25.5 Å². The number of rotatable bonds is 6. The van der Waals surface area contributed by atoms with Crippen LogP contribution in [0.3, 0.4) is 0 Å². The molecule has 0 aliphatic heterocycles. The first-order valence-electron chi connectivity index (χ1n) is 7.12. The Morgan fingerprint density at radius 2 is 1.32 bits per heavy atom. The van der Waals surface area contributed by atoms with E-state index in [-0.39, 0.29) is 9.79 Å². The standard InChI is InChI=1S/C16H19NO6S2/c1-17(12-5-10-15(22-2)16(11-12)23-3)25(20,21)14-8-6-13(7-9-14)24(4,18)19/h5-11H,1-4H3. The maximum Gasteiger partial charge on any atom is 0.264 e. The third-order valence-corrected chi connectivity index (χ3v) is 6.57. The largest absolute Gasteiger partial charge is 0.493 e. The molecule has 0 aromatic heterocycles. The molecule has 7 nitrogen and oxygen atoms in total. The van der Waals surface area contributed by atoms with Gasteiger partial charge in [-0.2, -0.15) is 0 Å². The van der Waals surface area contributed by atoms with Gasteiger partial charge < -0.3 is 9.47 Å². The summed E-state index contributed by atoms with van der Waals surface area (Å²) in [5.74, 6) is 0.879. The monoisotopic (exact) mass is 385 g/mol. The average Bonchev–Trinajstić information content (AvgIpc) is 2.59. The summed E-state index contributed by atoms with van der Waals surface area (Å²) in [7, 11) is -2.90. The van der Waals surface area contributed by atoms with Gasteiger partial charge in [-0.1, -0.05) is 0 Å². The molecule has 0 heterocycles. The topological polar surface area (TPSA) is 90.0 Å². The van der Waals surface area contributed by atoms with E-state index in [0.717, 1.165) is 10.6 Å². The molecule has 25 heavy (non-hydrogen) atoms. The van der Waals surface area contributed by atoms with Gasteiger partial charge in [-0.15, -0.1) is 0 Å². The van der Waals surface area contributed by atoms with E-state index in [1.807, 2.05) is 0 Å². The van der Waals surface area contributed by atoms with E-state index in [4.69, 9.17) is 9.47 Å². The van der Waals surface area contributed by atoms with Gasteiger partial charge >= 0.3 is 0 Å². The van der Waals surface area contributed by atoms with Crippen molar-refractivity contribution in [3.05, 3.63) is 42.5 Å². The number of nitrogens with zero attached hydrogens (tertiary/aromatic N) is 1. The summed E-state index contributed by atoms with van der Waals surface area (Å²) in [5.41, 5.74) is 0.379. The predicted molar refractivity (Wildman–Crippen MR) is 94.7 cm³/mol. The van der Waals surface area contributed by atoms with E-state index >= 15 is 0 Å². The number of anilines is 1. The van der Waals surface area contributed by atoms with Crippen LogP contribution in [0.2, 0.25) is 0 Å². The van der Waals surface area contributed by atoms with Crippen molar-refractivity contribution in [1.82, 2.24) is 0 Å². The molecule has 0 unspecified atom stereocenters. The minimum Gasteiger partial charge on any atom is -0.493 e. The molecule has 0 atom stereocenters. The van der Waals surface area contributed by atoms with Crippen molar-refractivity contribution in [3.63, 3.8) is 0 Å². The van der Waals surface area contributed by atoms with Crippen molar-refractivity contribution in [1.29, 1.82) is 0 Å². The lowest BCUT2D eigenvalue weighted by Gasteiger charge is -2.21. The molecule has 0 saturated carbocycles. The molecular formula is C16H19NO6S2. The van der Waals surface area contributed by atoms with Gasteiger partial charge in [-0.3, -0.25) is 4.31 Å². The smallest absolute Gasteiger partial charge is 0.264 e. The van der Waals surface area contributed by atoms with Crippen LogP contribution in [0.5, 0.6) is 11.5 Å². The summed E-state index contributed by atoms with van der Waals surface area (Å²) in [5, 5.41) is 0. The fourth-order valence-electron chi connectivity index (χ4n) is 2.18. The normalized spacial score (nSPS) is 11.8. The average molecular weight is 385 g/mol. The Morgan fingerprint density at radius 3 is 1.80 bits per heavy atom. The lowest BCUT2D eigenvalue weighted by Crippen LogP contribution is -2.26. The molecule has 2 aromatic rings. The van der Waals surface area contributed by atoms with Gasteiger partial charge in [0, 0.05) is 19.4 Å². The zero-order valence-corrected chi connectivity index (χ0v) is 15.9. The van der Waals surface area contributed by atoms with Crippen LogP contribution in [0.4, 0.5) is 5.69 Å². The molecule has 136 valence electrons. The van der Waals surface area contributed by atoms with E-state index in [1.54, 1.807) is 18.2 Å². The van der Waals surface area contributed by atoms with Crippen molar-refractivity contribution in [2.75, 3.05) is 31.8 Å². The third-order valence-electron chi connectivity index (χ3n) is 3.64. The molecule has 0 saturated heterocycles. The second-order valence-electron chi connectivity index (χ2n) is 5.26. The molecule has 9 heteroatoms. The van der Waals surface area contributed by atoms with Gasteiger partial charge in [0.2, 0.25) is 0 Å². The number of hydrogen-bond acceptors (Lipinski definition) is 6. The summed E-state index contributed by atoms with van der Waals surface area (Å²) in [6.45, 7) is 0. The molecule has 0 aliphatic rings. The van der Waals surface area contributed by atoms with Crippen molar-refractivity contribution in [2.45, 2.75) is 9.79 Å². The third kappa shape index (κ3) is 3.88. The first-order chi connectivity index (χ1) is 11.6. The Kier molecular flexibility index (Phi) is 5.28. The molecule has 0 fully saturated rings. The lowest BCUT2D eigenvalue weighted by atomic mass is 10.3. The molecule has 0 aliphatic carbocycles. The van der Waals surface area contributed by atoms with E-state index in [2.05, 4.69) is 0 Å². The van der Waals surface area contributed by atoms with Crippen molar-refractivity contribution in [2.24, 2.45) is 0 Å². The van der Waals surface area contributed by atoms with Crippen molar-refractivity contribution < 1.29 is 26.3 Å². The van der Waals surface area contributed by atoms with Crippen LogP contribution in [0.1, 0.15) is 0 Å². The lowest BCUT2D eigenvalue weighted by molar-refractivity contribution is 0.355. The first kappa shape index (κ1) is 19.1. The fourth-order valence-corrected chi connectivity index (χ4v) is 3.99. The van der Waals surface area contributed by atoms with Gasteiger partial charge in [0.05, 0.1) is 29.7 Å². The molecule has 0 N–H and O–H groups in total. The molecular weight excluding hydrogens is 366 g/mol. The minimum absolute atomic E-state index is 0.0165. The number of methoxy groups -OCH3 is 2. The predicted octanol–water partition coefficient (Wildman–Crippen LogP) is 1.93. The number of hydrogen-bond donors (Lipinski definition) is 0. The van der Waals surface area contributed by atoms with Gasteiger partial charge in [-0.05, 0) is 36.4 Å². The summed E-state index contributed by atoms with van der Waals surface area (Å²) in [6, 6.07) is 9.80. The van der Waals surface area contributed by atoms with Crippen LogP contribution in [0.15, 0.2) is 52.3 Å². The number of benzene rings is 2. The highest BCUT2D eigenvalue weighted by molar-refractivity contribution is 7.92. The summed E-state index contributed by atoms with van der Waals surface area (Å²) in [6.07, 6.45) is 1.06. The fraction of sp³-hybridized carbons (Fsp3) is 0.250. The van der Waals surface area contributed by atoms with Crippen LogP contribution in [0.25, 0.3) is 0 Å². The quantitative estimate of drug-likeness (QED) is 0.755. The summed E-state index contributed by atoms with van der Waals surface area (Å²) < 4.78 is 59.9. The van der Waals surface area contributed by atoms with Crippen LogP contribution in [-0.2, 0) is 19.9 Å². The zero-order chi connectivity index (χ0) is 18.8. The molecule has 2 rings (SSSR count). The Bertz CT molecular complexity index is 966. The highest BCUT2D eigenvalue weighted by Crippen LogP contribution is 2.33. The zero-order valence-electron chi connectivity index (χ0n) is 14.3. The van der Waals surface area contributed by atoms with Gasteiger partial charge in [0.15, 0.2) is 21.3 Å². The molecule has 0 bridgehead atoms. The van der Waals surface area contributed by atoms with Crippen LogP contribution in [-0.4, -0.2) is 44.4 Å². The van der Waals surface area contributed by atoms with E-state index in [1.165, 1.54) is 45.5 Å². The Balaban J connectivity index is 2.42. The molecule has 0 spiro atoms. The second kappa shape index (κ2) is 6.93. The van der Waals surface area contributed by atoms with Crippen LogP contribution < -0.4 is 13.8 Å². The van der Waals surface area contributed by atoms with Crippen molar-refractivity contribution in [3.8, 4) is 11.5 Å². The van der Waals surface area contributed by atoms with E-state index in [9.17, 15) is 16.8 Å². The molecule has 2 aromatic carbocycles. The SMILES string of the molecule is COc1ccc(N(C)S(=O)(=O)c2ccc(S(C)(=O)=O)cc2)cc1OC. The maximum absolute atomic E-state index is 12.8. The van der Waals surface area contributed by atoms with Gasteiger partial charge in [0.1, 0.15) is 0 Å². The minimum atomic E-state index is -3.86. The Morgan fingerprint density at radius 1 is 0.800 bits per heavy atom. The number of sulfonamides is 1. The van der Waals surface area contributed by atoms with E-state index < -0.39 is 19.9 Å². The first-order valence-corrected chi connectivity index (χ1v) is 10.5. The number of sulfone groups is 1. The maximum atomic E-state index is 12.8. The Hall–Kier alpha value is -2.26.